The average Bonchev–Trinajstić information content (AvgIpc) is 3.32. The van der Waals surface area contributed by atoms with Gasteiger partial charge in [-0.25, -0.2) is 4.68 Å². The Labute approximate surface area is 124 Å². The van der Waals surface area contributed by atoms with E-state index in [0.29, 0.717) is 5.92 Å². The van der Waals surface area contributed by atoms with E-state index in [9.17, 15) is 9.59 Å². The summed E-state index contributed by atoms with van der Waals surface area (Å²) in [6.07, 6.45) is 2.26. The largest absolute Gasteiger partial charge is 0.338 e. The summed E-state index contributed by atoms with van der Waals surface area (Å²) in [5.41, 5.74) is 0.738. The van der Waals surface area contributed by atoms with Gasteiger partial charge in [-0.3, -0.25) is 9.59 Å². The molecule has 21 heavy (non-hydrogen) atoms. The molecule has 0 bridgehead atoms. The number of hydrogen-bond donors (Lipinski definition) is 0. The van der Waals surface area contributed by atoms with E-state index in [1.165, 1.54) is 10.7 Å². The monoisotopic (exact) mass is 290 g/mol. The first-order valence-electron chi connectivity index (χ1n) is 7.63. The Morgan fingerprint density at radius 3 is 2.52 bits per heavy atom. The number of carbonyl (C=O) groups excluding carboxylic acids is 1. The van der Waals surface area contributed by atoms with E-state index in [-0.39, 0.29) is 11.5 Å². The van der Waals surface area contributed by atoms with Crippen LogP contribution >= 0.6 is 0 Å². The normalized spacial score (nSPS) is 21.3. The standard InChI is InChI=1S/C15H22N4O2/c1-11(15(21)18-9-7-17(2)8-10-18)19-14(20)6-5-13(16-19)12-3-4-12/h5-6,11-12H,3-4,7-10H2,1-2H3. The van der Waals surface area contributed by atoms with Crippen molar-refractivity contribution in [3.05, 3.63) is 28.2 Å². The summed E-state index contributed by atoms with van der Waals surface area (Å²) >= 11 is 0. The number of likely N-dealkylation sites (N-methyl/N-ethyl adjacent to an activating group) is 1. The van der Waals surface area contributed by atoms with Gasteiger partial charge in [0.05, 0.1) is 5.69 Å². The van der Waals surface area contributed by atoms with E-state index in [0.717, 1.165) is 44.7 Å². The van der Waals surface area contributed by atoms with Gasteiger partial charge in [0.15, 0.2) is 0 Å². The second kappa shape index (κ2) is 5.60. The molecule has 1 saturated carbocycles. The zero-order chi connectivity index (χ0) is 15.0. The van der Waals surface area contributed by atoms with E-state index in [2.05, 4.69) is 17.0 Å². The van der Waals surface area contributed by atoms with Gasteiger partial charge in [0.25, 0.3) is 5.56 Å². The van der Waals surface area contributed by atoms with Gasteiger partial charge >= 0.3 is 0 Å². The molecule has 6 heteroatoms. The summed E-state index contributed by atoms with van der Waals surface area (Å²) < 4.78 is 1.36. The molecule has 1 amide bonds. The van der Waals surface area contributed by atoms with Gasteiger partial charge < -0.3 is 9.80 Å². The predicted molar refractivity (Wildman–Crippen MR) is 79.3 cm³/mol. The highest BCUT2D eigenvalue weighted by Crippen LogP contribution is 2.38. The minimum absolute atomic E-state index is 0.00866. The number of aromatic nitrogens is 2. The van der Waals surface area contributed by atoms with Crippen LogP contribution in [0.3, 0.4) is 0 Å². The van der Waals surface area contributed by atoms with E-state index >= 15 is 0 Å². The molecule has 1 atom stereocenters. The highest BCUT2D eigenvalue weighted by molar-refractivity contribution is 5.80. The van der Waals surface area contributed by atoms with Crippen molar-refractivity contribution in [2.24, 2.45) is 0 Å². The molecule has 0 spiro atoms. The maximum Gasteiger partial charge on any atom is 0.267 e. The van der Waals surface area contributed by atoms with Crippen LogP contribution in [0, 0.1) is 0 Å². The van der Waals surface area contributed by atoms with Crippen molar-refractivity contribution >= 4 is 5.91 Å². The molecular weight excluding hydrogens is 268 g/mol. The second-order valence-corrected chi connectivity index (χ2v) is 6.12. The number of piperazine rings is 1. The molecule has 6 nitrogen and oxygen atoms in total. The minimum Gasteiger partial charge on any atom is -0.338 e. The molecule has 2 heterocycles. The first-order valence-corrected chi connectivity index (χ1v) is 7.63. The molecule has 1 aromatic rings. The molecule has 0 N–H and O–H groups in total. The average molecular weight is 290 g/mol. The smallest absolute Gasteiger partial charge is 0.267 e. The van der Waals surface area contributed by atoms with E-state index in [1.54, 1.807) is 13.0 Å². The Morgan fingerprint density at radius 1 is 1.24 bits per heavy atom. The number of nitrogens with zero attached hydrogens (tertiary/aromatic N) is 4. The Morgan fingerprint density at radius 2 is 1.90 bits per heavy atom. The first-order chi connectivity index (χ1) is 10.1. The van der Waals surface area contributed by atoms with Crippen LogP contribution in [0.1, 0.15) is 37.4 Å². The Kier molecular flexibility index (Phi) is 3.80. The molecule has 1 aliphatic heterocycles. The first kappa shape index (κ1) is 14.3. The Balaban J connectivity index is 1.77. The lowest BCUT2D eigenvalue weighted by molar-refractivity contribution is -0.136. The summed E-state index contributed by atoms with van der Waals surface area (Å²) in [5.74, 6) is 0.466. The van der Waals surface area contributed by atoms with Crippen molar-refractivity contribution in [2.75, 3.05) is 33.2 Å². The molecular formula is C15H22N4O2. The number of carbonyl (C=O) groups is 1. The van der Waals surface area contributed by atoms with Gasteiger partial charge in [-0.15, -0.1) is 0 Å². The highest BCUT2D eigenvalue weighted by Gasteiger charge is 2.29. The van der Waals surface area contributed by atoms with Crippen LogP contribution in [0.4, 0.5) is 0 Å². The summed E-state index contributed by atoms with van der Waals surface area (Å²) in [6.45, 7) is 4.96. The SMILES string of the molecule is CC(C(=O)N1CCN(C)CC1)n1nc(C2CC2)ccc1=O. The number of hydrogen-bond acceptors (Lipinski definition) is 4. The minimum atomic E-state index is -0.528. The lowest BCUT2D eigenvalue weighted by Gasteiger charge is -2.34. The van der Waals surface area contributed by atoms with Crippen LogP contribution in [-0.2, 0) is 4.79 Å². The van der Waals surface area contributed by atoms with Crippen LogP contribution in [-0.4, -0.2) is 58.7 Å². The van der Waals surface area contributed by atoms with Gasteiger partial charge in [-0.05, 0) is 32.9 Å². The summed E-state index contributed by atoms with van der Waals surface area (Å²) in [5, 5.41) is 4.41. The van der Waals surface area contributed by atoms with Crippen LogP contribution in [0.15, 0.2) is 16.9 Å². The molecule has 3 rings (SSSR count). The number of rotatable bonds is 3. The van der Waals surface area contributed by atoms with Gasteiger partial charge in [0, 0.05) is 38.2 Å². The van der Waals surface area contributed by atoms with Crippen molar-refractivity contribution in [1.29, 1.82) is 0 Å². The van der Waals surface area contributed by atoms with Gasteiger partial charge in [0.2, 0.25) is 5.91 Å². The van der Waals surface area contributed by atoms with Crippen LogP contribution in [0.2, 0.25) is 0 Å². The van der Waals surface area contributed by atoms with Crippen molar-refractivity contribution in [3.63, 3.8) is 0 Å². The van der Waals surface area contributed by atoms with E-state index in [4.69, 9.17) is 0 Å². The van der Waals surface area contributed by atoms with Crippen LogP contribution in [0.5, 0.6) is 0 Å². The van der Waals surface area contributed by atoms with Crippen molar-refractivity contribution in [2.45, 2.75) is 31.7 Å². The second-order valence-electron chi connectivity index (χ2n) is 6.12. The quantitative estimate of drug-likeness (QED) is 0.811. The molecule has 0 radical (unpaired) electrons. The highest BCUT2D eigenvalue weighted by atomic mass is 16.2. The fourth-order valence-electron chi connectivity index (χ4n) is 2.71. The molecule has 1 aromatic heterocycles. The summed E-state index contributed by atoms with van der Waals surface area (Å²) in [7, 11) is 2.05. The molecule has 1 saturated heterocycles. The maximum absolute atomic E-state index is 12.6. The fourth-order valence-corrected chi connectivity index (χ4v) is 2.71. The molecule has 0 aromatic carbocycles. The van der Waals surface area contributed by atoms with Gasteiger partial charge in [-0.2, -0.15) is 5.10 Å². The molecule has 2 fully saturated rings. The van der Waals surface area contributed by atoms with Gasteiger partial charge in [0.1, 0.15) is 6.04 Å². The zero-order valence-corrected chi connectivity index (χ0v) is 12.7. The van der Waals surface area contributed by atoms with Crippen LogP contribution in [0.25, 0.3) is 0 Å². The lowest BCUT2D eigenvalue weighted by Crippen LogP contribution is -2.49. The third-order valence-corrected chi connectivity index (χ3v) is 4.38. The van der Waals surface area contributed by atoms with Crippen molar-refractivity contribution in [1.82, 2.24) is 19.6 Å². The molecule has 1 aliphatic carbocycles. The summed E-state index contributed by atoms with van der Waals surface area (Å²) in [6, 6.07) is 2.80. The van der Waals surface area contributed by atoms with Gasteiger partial charge in [-0.1, -0.05) is 0 Å². The molecule has 2 aliphatic rings. The van der Waals surface area contributed by atoms with Crippen molar-refractivity contribution < 1.29 is 4.79 Å². The third-order valence-electron chi connectivity index (χ3n) is 4.38. The predicted octanol–water partition coefficient (Wildman–Crippen LogP) is 0.456. The van der Waals surface area contributed by atoms with E-state index in [1.807, 2.05) is 4.90 Å². The lowest BCUT2D eigenvalue weighted by atomic mass is 10.2. The summed E-state index contributed by atoms with van der Waals surface area (Å²) in [4.78, 5) is 28.6. The third kappa shape index (κ3) is 3.00. The fraction of sp³-hybridized carbons (Fsp3) is 0.667. The Hall–Kier alpha value is -1.69. The van der Waals surface area contributed by atoms with E-state index < -0.39 is 6.04 Å². The van der Waals surface area contributed by atoms with Crippen molar-refractivity contribution in [3.8, 4) is 0 Å². The maximum atomic E-state index is 12.6. The molecule has 1 unspecified atom stereocenters. The number of amides is 1. The van der Waals surface area contributed by atoms with Crippen LogP contribution < -0.4 is 5.56 Å². The topological polar surface area (TPSA) is 58.4 Å². The Bertz CT molecular complexity index is 586. The zero-order valence-electron chi connectivity index (χ0n) is 12.7. The molecule has 114 valence electrons.